The first-order chi connectivity index (χ1) is 11.8. The van der Waals surface area contributed by atoms with Gasteiger partial charge in [0.1, 0.15) is 0 Å². The molecule has 7 nitrogen and oxygen atoms in total. The fraction of sp³-hybridized carbons (Fsp3) is 0.125. The fourth-order valence-corrected chi connectivity index (χ4v) is 2.11. The number of nitrogens with zero attached hydrogens (tertiary/aromatic N) is 1. The third-order valence-corrected chi connectivity index (χ3v) is 3.67. The van der Waals surface area contributed by atoms with Gasteiger partial charge in [0.05, 0.1) is 10.5 Å². The maximum atomic E-state index is 13.3. The largest absolute Gasteiger partial charge is 0.449 e. The summed E-state index contributed by atoms with van der Waals surface area (Å²) in [6.45, 7) is 1.35. The summed E-state index contributed by atoms with van der Waals surface area (Å²) >= 11 is 3.24. The highest BCUT2D eigenvalue weighted by molar-refractivity contribution is 9.10. The van der Waals surface area contributed by atoms with Crippen LogP contribution in [0.1, 0.15) is 17.3 Å². The molecular formula is C16H12BrFN2O5. The molecule has 0 fully saturated rings. The normalized spacial score (nSPS) is 11.5. The van der Waals surface area contributed by atoms with Crippen LogP contribution < -0.4 is 5.32 Å². The maximum Gasteiger partial charge on any atom is 0.338 e. The van der Waals surface area contributed by atoms with Gasteiger partial charge in [-0.05, 0) is 43.3 Å². The number of nitro benzene ring substituents is 1. The van der Waals surface area contributed by atoms with E-state index in [1.807, 2.05) is 0 Å². The van der Waals surface area contributed by atoms with E-state index in [0.717, 1.165) is 16.6 Å². The summed E-state index contributed by atoms with van der Waals surface area (Å²) in [5, 5.41) is 13.0. The topological polar surface area (TPSA) is 98.5 Å². The van der Waals surface area contributed by atoms with E-state index in [1.54, 1.807) is 12.1 Å². The molecule has 0 aliphatic heterocycles. The molecule has 0 saturated heterocycles. The summed E-state index contributed by atoms with van der Waals surface area (Å²) in [7, 11) is 0. The third-order valence-electron chi connectivity index (χ3n) is 3.14. The number of hydrogen-bond donors (Lipinski definition) is 1. The second kappa shape index (κ2) is 7.84. The lowest BCUT2D eigenvalue weighted by atomic mass is 10.2. The van der Waals surface area contributed by atoms with Crippen LogP contribution in [0.5, 0.6) is 0 Å². The van der Waals surface area contributed by atoms with Crippen LogP contribution in [0.2, 0.25) is 0 Å². The van der Waals surface area contributed by atoms with Crippen molar-refractivity contribution in [2.24, 2.45) is 0 Å². The van der Waals surface area contributed by atoms with Crippen molar-refractivity contribution in [1.29, 1.82) is 0 Å². The molecule has 0 bridgehead atoms. The number of carbonyl (C=O) groups is 2. The predicted molar refractivity (Wildman–Crippen MR) is 90.7 cm³/mol. The zero-order valence-electron chi connectivity index (χ0n) is 12.9. The summed E-state index contributed by atoms with van der Waals surface area (Å²) in [4.78, 5) is 33.8. The minimum atomic E-state index is -1.15. The van der Waals surface area contributed by atoms with Crippen molar-refractivity contribution in [2.45, 2.75) is 13.0 Å². The predicted octanol–water partition coefficient (Wildman–Crippen LogP) is 3.68. The van der Waals surface area contributed by atoms with Crippen molar-refractivity contribution in [2.75, 3.05) is 5.32 Å². The molecule has 1 N–H and O–H groups in total. The van der Waals surface area contributed by atoms with Crippen LogP contribution in [0.25, 0.3) is 0 Å². The monoisotopic (exact) mass is 410 g/mol. The van der Waals surface area contributed by atoms with E-state index < -0.39 is 34.4 Å². The first kappa shape index (κ1) is 18.5. The Morgan fingerprint density at radius 2 is 1.88 bits per heavy atom. The molecule has 1 unspecified atom stereocenters. The van der Waals surface area contributed by atoms with Crippen LogP contribution in [0.3, 0.4) is 0 Å². The third kappa shape index (κ3) is 4.83. The Kier molecular flexibility index (Phi) is 5.81. The van der Waals surface area contributed by atoms with Gasteiger partial charge in [0, 0.05) is 16.2 Å². The number of esters is 1. The summed E-state index contributed by atoms with van der Waals surface area (Å²) in [6.07, 6.45) is -1.15. The Bertz CT molecular complexity index is 826. The van der Waals surface area contributed by atoms with Gasteiger partial charge in [-0.2, -0.15) is 4.39 Å². The quantitative estimate of drug-likeness (QED) is 0.460. The SMILES string of the molecule is CC(OC(=O)c1ccc(Br)cc1)C(=O)Nc1ccc(F)c([N+](=O)[O-])c1. The van der Waals surface area contributed by atoms with Crippen molar-refractivity contribution in [3.05, 3.63) is 68.4 Å². The number of nitrogens with one attached hydrogen (secondary N) is 1. The molecule has 0 spiro atoms. The summed E-state index contributed by atoms with van der Waals surface area (Å²) < 4.78 is 19.1. The average molecular weight is 411 g/mol. The van der Waals surface area contributed by atoms with Gasteiger partial charge in [0.2, 0.25) is 5.82 Å². The first-order valence-corrected chi connectivity index (χ1v) is 7.78. The number of rotatable bonds is 5. The summed E-state index contributed by atoms with van der Waals surface area (Å²) in [5.74, 6) is -2.41. The molecule has 25 heavy (non-hydrogen) atoms. The van der Waals surface area contributed by atoms with E-state index >= 15 is 0 Å². The molecule has 0 radical (unpaired) electrons. The Labute approximate surface area is 150 Å². The standard InChI is InChI=1S/C16H12BrFN2O5/c1-9(25-16(22)10-2-4-11(17)5-3-10)15(21)19-12-6-7-13(18)14(8-12)20(23)24/h2-9H,1H3,(H,19,21). The van der Waals surface area contributed by atoms with Crippen molar-refractivity contribution in [3.63, 3.8) is 0 Å². The molecular weight excluding hydrogens is 399 g/mol. The molecule has 0 aliphatic rings. The van der Waals surface area contributed by atoms with Gasteiger partial charge in [-0.25, -0.2) is 4.79 Å². The van der Waals surface area contributed by atoms with E-state index in [9.17, 15) is 24.1 Å². The first-order valence-electron chi connectivity index (χ1n) is 6.99. The molecule has 0 saturated carbocycles. The van der Waals surface area contributed by atoms with Crippen molar-refractivity contribution in [3.8, 4) is 0 Å². The smallest absolute Gasteiger partial charge is 0.338 e. The number of benzene rings is 2. The van der Waals surface area contributed by atoms with Crippen LogP contribution >= 0.6 is 15.9 Å². The second-order valence-corrected chi connectivity index (χ2v) is 5.88. The van der Waals surface area contributed by atoms with E-state index in [0.29, 0.717) is 0 Å². The highest BCUT2D eigenvalue weighted by atomic mass is 79.9. The number of nitro groups is 1. The van der Waals surface area contributed by atoms with Crippen molar-refractivity contribution >= 4 is 39.2 Å². The second-order valence-electron chi connectivity index (χ2n) is 4.97. The molecule has 2 rings (SSSR count). The number of ether oxygens (including phenoxy) is 1. The van der Waals surface area contributed by atoms with Gasteiger partial charge < -0.3 is 10.1 Å². The van der Waals surface area contributed by atoms with Crippen molar-refractivity contribution in [1.82, 2.24) is 0 Å². The van der Waals surface area contributed by atoms with E-state index in [4.69, 9.17) is 4.74 Å². The van der Waals surface area contributed by atoms with Gasteiger partial charge >= 0.3 is 11.7 Å². The van der Waals surface area contributed by atoms with Gasteiger partial charge in [-0.1, -0.05) is 15.9 Å². The number of anilines is 1. The fourth-order valence-electron chi connectivity index (χ4n) is 1.84. The van der Waals surface area contributed by atoms with Gasteiger partial charge in [0.25, 0.3) is 5.91 Å². The number of hydrogen-bond acceptors (Lipinski definition) is 5. The van der Waals surface area contributed by atoms with Crippen LogP contribution in [0, 0.1) is 15.9 Å². The zero-order valence-corrected chi connectivity index (χ0v) is 14.4. The minimum Gasteiger partial charge on any atom is -0.449 e. The maximum absolute atomic E-state index is 13.3. The Morgan fingerprint density at radius 3 is 2.48 bits per heavy atom. The zero-order chi connectivity index (χ0) is 18.6. The molecule has 0 aromatic heterocycles. The average Bonchev–Trinajstić information content (AvgIpc) is 2.56. The molecule has 1 amide bonds. The summed E-state index contributed by atoms with van der Waals surface area (Å²) in [6, 6.07) is 9.28. The molecule has 2 aromatic rings. The van der Waals surface area contributed by atoms with Gasteiger partial charge in [-0.15, -0.1) is 0 Å². The van der Waals surface area contributed by atoms with E-state index in [2.05, 4.69) is 21.2 Å². The molecule has 9 heteroatoms. The van der Waals surface area contributed by atoms with Crippen LogP contribution in [-0.4, -0.2) is 22.9 Å². The molecule has 0 aliphatic carbocycles. The Morgan fingerprint density at radius 1 is 1.24 bits per heavy atom. The lowest BCUT2D eigenvalue weighted by Gasteiger charge is -2.13. The highest BCUT2D eigenvalue weighted by Crippen LogP contribution is 2.22. The molecule has 1 atom stereocenters. The van der Waals surface area contributed by atoms with Gasteiger partial charge in [-0.3, -0.25) is 14.9 Å². The van der Waals surface area contributed by atoms with Crippen LogP contribution in [0.15, 0.2) is 46.9 Å². The molecule has 130 valence electrons. The van der Waals surface area contributed by atoms with Gasteiger partial charge in [0.15, 0.2) is 6.10 Å². The lowest BCUT2D eigenvalue weighted by Crippen LogP contribution is -2.30. The van der Waals surface area contributed by atoms with Crippen LogP contribution in [-0.2, 0) is 9.53 Å². The highest BCUT2D eigenvalue weighted by Gasteiger charge is 2.21. The minimum absolute atomic E-state index is 0.0182. The molecule has 2 aromatic carbocycles. The van der Waals surface area contributed by atoms with Crippen molar-refractivity contribution < 1.29 is 23.6 Å². The van der Waals surface area contributed by atoms with E-state index in [-0.39, 0.29) is 11.3 Å². The summed E-state index contributed by atoms with van der Waals surface area (Å²) in [5.41, 5.74) is -0.484. The Balaban J connectivity index is 2.03. The number of amides is 1. The van der Waals surface area contributed by atoms with Crippen LogP contribution in [0.4, 0.5) is 15.8 Å². The number of halogens is 2. The Hall–Kier alpha value is -2.81. The van der Waals surface area contributed by atoms with E-state index in [1.165, 1.54) is 25.1 Å². The number of carbonyl (C=O) groups excluding carboxylic acids is 2. The molecule has 0 heterocycles. The lowest BCUT2D eigenvalue weighted by molar-refractivity contribution is -0.387.